The van der Waals surface area contributed by atoms with Gasteiger partial charge in [0.05, 0.1) is 13.2 Å². The molecule has 5 aliphatic rings. The number of aliphatic hydroxyl groups is 1. The van der Waals surface area contributed by atoms with Gasteiger partial charge in [0, 0.05) is 23.2 Å². The number of hydrogen-bond donors (Lipinski definition) is 1. The lowest BCUT2D eigenvalue weighted by Gasteiger charge is -2.56. The van der Waals surface area contributed by atoms with Gasteiger partial charge in [-0.05, 0) is 92.6 Å². The van der Waals surface area contributed by atoms with Crippen molar-refractivity contribution in [3.05, 3.63) is 58.2 Å². The van der Waals surface area contributed by atoms with Crippen molar-refractivity contribution in [1.82, 2.24) is 0 Å². The van der Waals surface area contributed by atoms with Gasteiger partial charge in [0.1, 0.15) is 5.60 Å². The number of hydrogen-bond acceptors (Lipinski definition) is 4. The van der Waals surface area contributed by atoms with E-state index in [0.717, 1.165) is 27.8 Å². The number of ether oxygens (including phenoxy) is 2. The number of allylic oxidation sites excluding steroid dienone is 4. The third-order valence-corrected chi connectivity index (χ3v) is 11.2. The van der Waals surface area contributed by atoms with E-state index in [-0.39, 0.29) is 24.5 Å². The molecule has 0 aromatic heterocycles. The van der Waals surface area contributed by atoms with E-state index in [2.05, 4.69) is 0 Å². The monoisotopic (exact) mass is 594 g/mol. The molecular formula is C33H39F5O4. The van der Waals surface area contributed by atoms with E-state index in [0.29, 0.717) is 38.9 Å². The molecule has 9 heteroatoms. The van der Waals surface area contributed by atoms with Crippen molar-refractivity contribution in [3.63, 3.8) is 0 Å². The van der Waals surface area contributed by atoms with Crippen LogP contribution in [-0.2, 0) is 19.7 Å². The summed E-state index contributed by atoms with van der Waals surface area (Å²) in [5.41, 5.74) is -0.420. The molecule has 4 nitrogen and oxygen atoms in total. The molecule has 0 spiro atoms. The maximum Gasteiger partial charge on any atom is 0.456 e. The highest BCUT2D eigenvalue weighted by atomic mass is 19.4. The molecule has 1 saturated heterocycles. The normalized spacial score (nSPS) is 36.2. The molecule has 0 radical (unpaired) electrons. The van der Waals surface area contributed by atoms with Crippen molar-refractivity contribution in [3.8, 4) is 0 Å². The van der Waals surface area contributed by atoms with Gasteiger partial charge in [0.25, 0.3) is 0 Å². The lowest BCUT2D eigenvalue weighted by Crippen LogP contribution is -2.65. The fraction of sp³-hybridized carbons (Fsp3) is 0.667. The van der Waals surface area contributed by atoms with Crippen LogP contribution < -0.4 is 0 Å². The Balaban J connectivity index is 1.44. The van der Waals surface area contributed by atoms with Crippen LogP contribution in [0.5, 0.6) is 0 Å². The fourth-order valence-electron chi connectivity index (χ4n) is 8.75. The van der Waals surface area contributed by atoms with Gasteiger partial charge in [-0.1, -0.05) is 43.7 Å². The van der Waals surface area contributed by atoms with Crippen molar-refractivity contribution in [2.24, 2.45) is 17.3 Å². The van der Waals surface area contributed by atoms with Crippen molar-refractivity contribution in [2.75, 3.05) is 13.2 Å². The molecule has 1 aromatic rings. The number of halogens is 5. The van der Waals surface area contributed by atoms with Crippen LogP contribution in [0.1, 0.15) is 89.7 Å². The predicted molar refractivity (Wildman–Crippen MR) is 146 cm³/mol. The summed E-state index contributed by atoms with van der Waals surface area (Å²) in [4.78, 5) is 12.3. The number of alkyl halides is 5. The molecule has 4 aliphatic carbocycles. The number of benzene rings is 1. The summed E-state index contributed by atoms with van der Waals surface area (Å²) >= 11 is 0. The summed E-state index contributed by atoms with van der Waals surface area (Å²) in [6.45, 7) is 8.09. The van der Waals surface area contributed by atoms with E-state index in [1.807, 2.05) is 45.0 Å². The summed E-state index contributed by atoms with van der Waals surface area (Å²) < 4.78 is 83.6. The third-order valence-electron chi connectivity index (χ3n) is 11.2. The molecule has 5 atom stereocenters. The molecule has 0 amide bonds. The van der Waals surface area contributed by atoms with Gasteiger partial charge >= 0.3 is 12.1 Å². The van der Waals surface area contributed by atoms with Crippen LogP contribution in [0.25, 0.3) is 0 Å². The average Bonchev–Trinajstić information content (AvgIpc) is 3.21. The van der Waals surface area contributed by atoms with E-state index in [4.69, 9.17) is 9.47 Å². The zero-order valence-corrected chi connectivity index (χ0v) is 24.5. The molecule has 6 rings (SSSR count). The zero-order valence-electron chi connectivity index (χ0n) is 24.5. The highest BCUT2D eigenvalue weighted by Gasteiger charge is 2.79. The van der Waals surface area contributed by atoms with Crippen LogP contribution in [0.4, 0.5) is 22.0 Å². The van der Waals surface area contributed by atoms with E-state index in [1.54, 1.807) is 6.08 Å². The molecule has 0 unspecified atom stereocenters. The number of ketones is 1. The van der Waals surface area contributed by atoms with Crippen LogP contribution in [0.15, 0.2) is 47.1 Å². The first-order valence-electron chi connectivity index (χ1n) is 14.9. The summed E-state index contributed by atoms with van der Waals surface area (Å²) in [6, 6.07) is 7.79. The first-order chi connectivity index (χ1) is 19.4. The second-order valence-corrected chi connectivity index (χ2v) is 14.1. The predicted octanol–water partition coefficient (Wildman–Crippen LogP) is 7.56. The topological polar surface area (TPSA) is 55.8 Å². The van der Waals surface area contributed by atoms with Crippen LogP contribution in [0.3, 0.4) is 0 Å². The highest BCUT2D eigenvalue weighted by Crippen LogP contribution is 2.70. The van der Waals surface area contributed by atoms with Crippen LogP contribution in [-0.4, -0.2) is 47.6 Å². The third kappa shape index (κ3) is 4.27. The number of fused-ring (bicyclic) bond motifs is 4. The Bertz CT molecular complexity index is 1330. The van der Waals surface area contributed by atoms with E-state index in [9.17, 15) is 23.1 Å². The second-order valence-electron chi connectivity index (χ2n) is 14.1. The number of carbonyl (C=O) groups is 1. The highest BCUT2D eigenvalue weighted by molar-refractivity contribution is 5.93. The van der Waals surface area contributed by atoms with Crippen molar-refractivity contribution >= 4 is 5.78 Å². The number of carbonyl (C=O) groups excluding carboxylic acids is 1. The van der Waals surface area contributed by atoms with Gasteiger partial charge in [0.2, 0.25) is 0 Å². The number of rotatable bonds is 3. The average molecular weight is 595 g/mol. The zero-order chi connectivity index (χ0) is 30.5. The molecule has 1 heterocycles. The van der Waals surface area contributed by atoms with Gasteiger partial charge in [-0.3, -0.25) is 4.79 Å². The standard InChI is InChI=1S/C33H39F5O4/c1-28(2)41-17-29(3,18-42-28)21-8-5-19(6-9-21)25-16-30(4)26(13-14-31(30,40)32(34,35)33(36,37)38)24-11-7-20-15-22(39)10-12-23(20)27(24)25/h5-6,8-9,15,24-26,40H,7,10-14,16-18H2,1-4H3/t24-,25+,26-,30-,31-/m0/s1. The van der Waals surface area contributed by atoms with Gasteiger partial charge < -0.3 is 14.6 Å². The Morgan fingerprint density at radius 3 is 2.17 bits per heavy atom. The van der Waals surface area contributed by atoms with Crippen LogP contribution >= 0.6 is 0 Å². The summed E-state index contributed by atoms with van der Waals surface area (Å²) in [5.74, 6) is -7.10. The molecule has 1 aliphatic heterocycles. The van der Waals surface area contributed by atoms with E-state index >= 15 is 8.78 Å². The van der Waals surface area contributed by atoms with Crippen LogP contribution in [0, 0.1) is 17.3 Å². The molecular weight excluding hydrogens is 555 g/mol. The van der Waals surface area contributed by atoms with E-state index in [1.165, 1.54) is 6.92 Å². The van der Waals surface area contributed by atoms with Gasteiger partial charge in [-0.2, -0.15) is 22.0 Å². The quantitative estimate of drug-likeness (QED) is 0.367. The van der Waals surface area contributed by atoms with Crippen molar-refractivity contribution in [1.29, 1.82) is 0 Å². The van der Waals surface area contributed by atoms with Crippen molar-refractivity contribution < 1.29 is 41.3 Å². The summed E-state index contributed by atoms with van der Waals surface area (Å²) in [6.07, 6.45) is -2.69. The van der Waals surface area contributed by atoms with Gasteiger partial charge in [-0.15, -0.1) is 0 Å². The lowest BCUT2D eigenvalue weighted by atomic mass is 9.50. The maximum atomic E-state index is 15.2. The maximum absolute atomic E-state index is 15.2. The van der Waals surface area contributed by atoms with Gasteiger partial charge in [0.15, 0.2) is 11.6 Å². The van der Waals surface area contributed by atoms with E-state index < -0.39 is 52.6 Å². The smallest absolute Gasteiger partial charge is 0.383 e. The Labute approximate surface area is 243 Å². The first-order valence-corrected chi connectivity index (χ1v) is 14.9. The molecule has 2 saturated carbocycles. The van der Waals surface area contributed by atoms with Gasteiger partial charge in [-0.25, -0.2) is 0 Å². The minimum atomic E-state index is -5.87. The van der Waals surface area contributed by atoms with Crippen LogP contribution in [0.2, 0.25) is 0 Å². The minimum Gasteiger partial charge on any atom is -0.383 e. The summed E-state index contributed by atoms with van der Waals surface area (Å²) in [7, 11) is 0. The second kappa shape index (κ2) is 9.45. The molecule has 42 heavy (non-hydrogen) atoms. The first kappa shape index (κ1) is 29.9. The Morgan fingerprint density at radius 1 is 0.905 bits per heavy atom. The molecule has 1 N–H and O–H groups in total. The summed E-state index contributed by atoms with van der Waals surface area (Å²) in [5, 5.41) is 11.5. The van der Waals surface area contributed by atoms with Crippen molar-refractivity contribution in [2.45, 2.75) is 107 Å². The fourth-order valence-corrected chi connectivity index (χ4v) is 8.75. The SMILES string of the molecule is CC1(C)OCC(C)(c2ccc([C@H]3C[C@@]4(C)[C@@H](CC[C@@]4(O)C(F)(F)C(F)(F)F)[C@@H]4CCC5=CC(=O)CCC5=C43)cc2)CO1. The molecule has 3 fully saturated rings. The largest absolute Gasteiger partial charge is 0.456 e. The molecule has 1 aromatic carbocycles. The Morgan fingerprint density at radius 2 is 1.55 bits per heavy atom. The Hall–Kier alpha value is -2.10. The lowest BCUT2D eigenvalue weighted by molar-refractivity contribution is -0.362. The molecule has 0 bridgehead atoms. The molecule has 230 valence electrons. The minimum absolute atomic E-state index is 0.0343. The Kier molecular flexibility index (Phi) is 6.74.